The normalized spacial score (nSPS) is 10.6. The van der Waals surface area contributed by atoms with Gasteiger partial charge in [-0.3, -0.25) is 4.79 Å². The van der Waals surface area contributed by atoms with Gasteiger partial charge in [-0.05, 0) is 46.6 Å². The monoisotopic (exact) mass is 434 g/mol. The topological polar surface area (TPSA) is 64.4 Å². The second kappa shape index (κ2) is 8.38. The first-order chi connectivity index (χ1) is 12.6. The second-order valence-corrected chi connectivity index (χ2v) is 6.68. The van der Waals surface area contributed by atoms with E-state index in [1.165, 1.54) is 0 Å². The Kier molecular flexibility index (Phi) is 5.96. The van der Waals surface area contributed by atoms with E-state index in [0.29, 0.717) is 39.7 Å². The highest BCUT2D eigenvalue weighted by Gasteiger charge is 2.23. The minimum atomic E-state index is -0.317. The molecule has 0 radical (unpaired) electrons. The highest BCUT2D eigenvalue weighted by molar-refractivity contribution is 9.10. The predicted octanol–water partition coefficient (Wildman–Crippen LogP) is 5.09. The SMILES string of the molecule is CCNC(=O)c1noc(-c2cc(Cl)ccc2OCc2ccccc2)c1Br. The van der Waals surface area contributed by atoms with E-state index in [0.717, 1.165) is 5.56 Å². The number of carbonyl (C=O) groups excluding carboxylic acids is 1. The summed E-state index contributed by atoms with van der Waals surface area (Å²) in [6, 6.07) is 15.0. The van der Waals surface area contributed by atoms with Gasteiger partial charge in [0.2, 0.25) is 0 Å². The fourth-order valence-electron chi connectivity index (χ4n) is 2.37. The first kappa shape index (κ1) is 18.5. The van der Waals surface area contributed by atoms with E-state index in [-0.39, 0.29) is 11.6 Å². The number of hydrogen-bond acceptors (Lipinski definition) is 4. The van der Waals surface area contributed by atoms with Crippen molar-refractivity contribution in [2.45, 2.75) is 13.5 Å². The predicted molar refractivity (Wildman–Crippen MR) is 103 cm³/mol. The van der Waals surface area contributed by atoms with Gasteiger partial charge in [-0.1, -0.05) is 47.1 Å². The molecule has 2 aromatic carbocycles. The zero-order chi connectivity index (χ0) is 18.5. The molecule has 0 aliphatic rings. The molecule has 0 aliphatic carbocycles. The summed E-state index contributed by atoms with van der Waals surface area (Å²) in [5, 5.41) is 7.08. The van der Waals surface area contributed by atoms with Crippen molar-refractivity contribution >= 4 is 33.4 Å². The molecular weight excluding hydrogens is 420 g/mol. The summed E-state index contributed by atoms with van der Waals surface area (Å²) < 4.78 is 11.8. The summed E-state index contributed by atoms with van der Waals surface area (Å²) in [4.78, 5) is 12.1. The minimum absolute atomic E-state index is 0.177. The van der Waals surface area contributed by atoms with Gasteiger partial charge >= 0.3 is 0 Å². The van der Waals surface area contributed by atoms with Crippen LogP contribution >= 0.6 is 27.5 Å². The minimum Gasteiger partial charge on any atom is -0.488 e. The highest BCUT2D eigenvalue weighted by Crippen LogP contribution is 2.38. The van der Waals surface area contributed by atoms with Crippen LogP contribution in [0.3, 0.4) is 0 Å². The lowest BCUT2D eigenvalue weighted by Crippen LogP contribution is -2.23. The van der Waals surface area contributed by atoms with Gasteiger partial charge in [0.05, 0.1) is 10.0 Å². The number of nitrogens with zero attached hydrogens (tertiary/aromatic N) is 1. The average Bonchev–Trinajstić information content (AvgIpc) is 3.03. The van der Waals surface area contributed by atoms with E-state index >= 15 is 0 Å². The molecule has 7 heteroatoms. The standard InChI is InChI=1S/C19H16BrClN2O3/c1-2-22-19(24)17-16(20)18(26-23-17)14-10-13(21)8-9-15(14)25-11-12-6-4-3-5-7-12/h3-10H,2,11H2,1H3,(H,22,24). The van der Waals surface area contributed by atoms with Crippen LogP contribution in [0.4, 0.5) is 0 Å². The summed E-state index contributed by atoms with van der Waals surface area (Å²) in [5.74, 6) is 0.650. The third-order valence-corrected chi connectivity index (χ3v) is 4.58. The molecular formula is C19H16BrClN2O3. The third kappa shape index (κ3) is 4.08. The van der Waals surface area contributed by atoms with E-state index in [4.69, 9.17) is 20.9 Å². The molecule has 0 atom stereocenters. The molecule has 0 bridgehead atoms. The summed E-state index contributed by atoms with van der Waals surface area (Å²) in [6.07, 6.45) is 0. The number of nitrogens with one attached hydrogen (secondary N) is 1. The Balaban J connectivity index is 1.92. The molecule has 0 saturated heterocycles. The molecule has 1 amide bonds. The van der Waals surface area contributed by atoms with Crippen molar-refractivity contribution in [2.75, 3.05) is 6.54 Å². The van der Waals surface area contributed by atoms with Gasteiger partial charge in [0, 0.05) is 11.6 Å². The summed E-state index contributed by atoms with van der Waals surface area (Å²) in [5.41, 5.74) is 1.83. The summed E-state index contributed by atoms with van der Waals surface area (Å²) in [6.45, 7) is 2.72. The van der Waals surface area contributed by atoms with Crippen molar-refractivity contribution in [3.8, 4) is 17.1 Å². The molecule has 3 rings (SSSR count). The summed E-state index contributed by atoms with van der Waals surface area (Å²) in [7, 11) is 0. The van der Waals surface area contributed by atoms with Gasteiger partial charge in [-0.2, -0.15) is 0 Å². The number of rotatable bonds is 6. The van der Waals surface area contributed by atoms with Crippen molar-refractivity contribution in [1.82, 2.24) is 10.5 Å². The van der Waals surface area contributed by atoms with Gasteiger partial charge in [0.15, 0.2) is 11.5 Å². The molecule has 1 aromatic heterocycles. The van der Waals surface area contributed by atoms with Crippen molar-refractivity contribution in [3.05, 3.63) is 69.3 Å². The van der Waals surface area contributed by atoms with Crippen molar-refractivity contribution in [2.24, 2.45) is 0 Å². The van der Waals surface area contributed by atoms with Gasteiger partial charge in [-0.15, -0.1) is 0 Å². The zero-order valence-electron chi connectivity index (χ0n) is 14.0. The van der Waals surface area contributed by atoms with Crippen LogP contribution in [0.5, 0.6) is 5.75 Å². The largest absolute Gasteiger partial charge is 0.488 e. The molecule has 0 unspecified atom stereocenters. The molecule has 0 aliphatic heterocycles. The Labute approximate surface area is 164 Å². The Hall–Kier alpha value is -2.31. The number of carbonyl (C=O) groups is 1. The number of benzene rings is 2. The van der Waals surface area contributed by atoms with E-state index in [1.54, 1.807) is 18.2 Å². The first-order valence-corrected chi connectivity index (χ1v) is 9.17. The van der Waals surface area contributed by atoms with Gasteiger partial charge < -0.3 is 14.6 Å². The molecule has 134 valence electrons. The fraction of sp³-hybridized carbons (Fsp3) is 0.158. The highest BCUT2D eigenvalue weighted by atomic mass is 79.9. The lowest BCUT2D eigenvalue weighted by atomic mass is 10.1. The molecule has 5 nitrogen and oxygen atoms in total. The molecule has 0 saturated carbocycles. The van der Waals surface area contributed by atoms with Crippen LogP contribution in [0.25, 0.3) is 11.3 Å². The average molecular weight is 436 g/mol. The van der Waals surface area contributed by atoms with Gasteiger partial charge in [-0.25, -0.2) is 0 Å². The first-order valence-electron chi connectivity index (χ1n) is 8.00. The van der Waals surface area contributed by atoms with Gasteiger partial charge in [0.25, 0.3) is 5.91 Å². The van der Waals surface area contributed by atoms with Crippen molar-refractivity contribution in [1.29, 1.82) is 0 Å². The van der Waals surface area contributed by atoms with Gasteiger partial charge in [0.1, 0.15) is 12.4 Å². The lowest BCUT2D eigenvalue weighted by molar-refractivity contribution is 0.0946. The van der Waals surface area contributed by atoms with Crippen LogP contribution < -0.4 is 10.1 Å². The maximum absolute atomic E-state index is 12.1. The number of halogens is 2. The summed E-state index contributed by atoms with van der Waals surface area (Å²) >= 11 is 9.54. The van der Waals surface area contributed by atoms with Crippen LogP contribution in [-0.4, -0.2) is 17.6 Å². The Morgan fingerprint density at radius 1 is 1.27 bits per heavy atom. The van der Waals surface area contributed by atoms with Crippen LogP contribution in [0.1, 0.15) is 23.0 Å². The van der Waals surface area contributed by atoms with Crippen LogP contribution in [0.15, 0.2) is 57.5 Å². The second-order valence-electron chi connectivity index (χ2n) is 5.45. The van der Waals surface area contributed by atoms with Crippen LogP contribution in [0, 0.1) is 0 Å². The van der Waals surface area contributed by atoms with E-state index in [1.807, 2.05) is 37.3 Å². The van der Waals surface area contributed by atoms with Crippen molar-refractivity contribution < 1.29 is 14.1 Å². The smallest absolute Gasteiger partial charge is 0.274 e. The third-order valence-electron chi connectivity index (χ3n) is 3.61. The Bertz CT molecular complexity index is 912. The number of ether oxygens (including phenoxy) is 1. The molecule has 1 heterocycles. The maximum atomic E-state index is 12.1. The molecule has 0 fully saturated rings. The molecule has 3 aromatic rings. The van der Waals surface area contributed by atoms with E-state index in [2.05, 4.69) is 26.4 Å². The van der Waals surface area contributed by atoms with Crippen molar-refractivity contribution in [3.63, 3.8) is 0 Å². The number of amides is 1. The fourth-order valence-corrected chi connectivity index (χ4v) is 3.08. The number of hydrogen-bond donors (Lipinski definition) is 1. The Morgan fingerprint density at radius 3 is 2.77 bits per heavy atom. The molecule has 0 spiro atoms. The quantitative estimate of drug-likeness (QED) is 0.586. The molecule has 26 heavy (non-hydrogen) atoms. The van der Waals surface area contributed by atoms with Crippen LogP contribution in [-0.2, 0) is 6.61 Å². The van der Waals surface area contributed by atoms with E-state index in [9.17, 15) is 4.79 Å². The number of aromatic nitrogens is 1. The lowest BCUT2D eigenvalue weighted by Gasteiger charge is -2.10. The van der Waals surface area contributed by atoms with E-state index < -0.39 is 0 Å². The zero-order valence-corrected chi connectivity index (χ0v) is 16.3. The maximum Gasteiger partial charge on any atom is 0.274 e. The molecule has 1 N–H and O–H groups in total. The Morgan fingerprint density at radius 2 is 2.04 bits per heavy atom. The van der Waals surface area contributed by atoms with Crippen LogP contribution in [0.2, 0.25) is 5.02 Å².